The average Bonchev–Trinajstić information content (AvgIpc) is 3.22. The Morgan fingerprint density at radius 1 is 0.795 bits per heavy atom. The van der Waals surface area contributed by atoms with Crippen LogP contribution >= 0.6 is 0 Å². The van der Waals surface area contributed by atoms with E-state index in [9.17, 15) is 10.1 Å². The Labute approximate surface area is 257 Å². The molecule has 5 aromatic carbocycles. The third-order valence-electron chi connectivity index (χ3n) is 9.15. The van der Waals surface area contributed by atoms with Crippen LogP contribution in [-0.2, 0) is 5.41 Å². The van der Waals surface area contributed by atoms with Crippen molar-refractivity contribution in [1.29, 1.82) is 0 Å². The first-order valence-corrected chi connectivity index (χ1v) is 14.6. The number of anilines is 1. The molecule has 6 nitrogen and oxygen atoms in total. The smallest absolute Gasteiger partial charge is 0.311 e. The van der Waals surface area contributed by atoms with Gasteiger partial charge >= 0.3 is 5.69 Å². The number of hydrogen-bond donors (Lipinski definition) is 0. The largest absolute Gasteiger partial charge is 0.490 e. The molecule has 1 atom stereocenters. The van der Waals surface area contributed by atoms with Gasteiger partial charge in [0, 0.05) is 30.3 Å². The zero-order chi connectivity index (χ0) is 30.6. The van der Waals surface area contributed by atoms with Gasteiger partial charge in [-0.05, 0) is 65.4 Å². The van der Waals surface area contributed by atoms with Crippen LogP contribution in [0.4, 0.5) is 11.4 Å². The van der Waals surface area contributed by atoms with Crippen molar-refractivity contribution in [2.24, 2.45) is 0 Å². The van der Waals surface area contributed by atoms with Gasteiger partial charge in [-0.1, -0.05) is 91.0 Å². The molecule has 7 rings (SSSR count). The molecule has 0 saturated carbocycles. The third kappa shape index (κ3) is 3.94. The molecule has 0 amide bonds. The van der Waals surface area contributed by atoms with Gasteiger partial charge < -0.3 is 14.4 Å². The Kier molecular flexibility index (Phi) is 6.32. The number of rotatable bonds is 5. The Bertz CT molecular complexity index is 1940. The number of nitrogens with zero attached hydrogens (tertiary/aromatic N) is 2. The van der Waals surface area contributed by atoms with E-state index in [1.165, 1.54) is 18.7 Å². The molecule has 0 aliphatic carbocycles. The van der Waals surface area contributed by atoms with Gasteiger partial charge in [0.1, 0.15) is 5.75 Å². The van der Waals surface area contributed by atoms with Gasteiger partial charge in [0.15, 0.2) is 0 Å². The maximum Gasteiger partial charge on any atom is 0.311 e. The first-order valence-electron chi connectivity index (χ1n) is 14.6. The number of benzene rings is 5. The van der Waals surface area contributed by atoms with Crippen LogP contribution in [0.5, 0.6) is 11.5 Å². The maximum atomic E-state index is 11.8. The predicted molar refractivity (Wildman–Crippen MR) is 176 cm³/mol. The Balaban J connectivity index is 1.54. The van der Waals surface area contributed by atoms with E-state index in [2.05, 4.69) is 111 Å². The minimum atomic E-state index is -0.939. The topological polar surface area (TPSA) is 64.8 Å². The number of methoxy groups -OCH3 is 1. The molecule has 218 valence electrons. The number of hydrogen-bond acceptors (Lipinski definition) is 5. The number of likely N-dealkylation sites (N-methyl/N-ethyl adjacent to an activating group) is 1. The van der Waals surface area contributed by atoms with Crippen molar-refractivity contribution >= 4 is 17.5 Å². The number of nitro benzene ring substituents is 1. The summed E-state index contributed by atoms with van der Waals surface area (Å²) in [5.74, 6) is 0.699. The highest BCUT2D eigenvalue weighted by Gasteiger charge is 2.59. The predicted octanol–water partition coefficient (Wildman–Crippen LogP) is 9.13. The summed E-state index contributed by atoms with van der Waals surface area (Å²) in [6.45, 7) is 4.44. The van der Waals surface area contributed by atoms with Gasteiger partial charge in [-0.15, -0.1) is 0 Å². The molecule has 44 heavy (non-hydrogen) atoms. The zero-order valence-corrected chi connectivity index (χ0v) is 25.1. The highest BCUT2D eigenvalue weighted by Crippen LogP contribution is 2.61. The molecule has 2 heterocycles. The van der Waals surface area contributed by atoms with Crippen molar-refractivity contribution in [2.45, 2.75) is 25.0 Å². The van der Waals surface area contributed by atoms with E-state index < -0.39 is 16.1 Å². The summed E-state index contributed by atoms with van der Waals surface area (Å²) in [5, 5.41) is 11.8. The minimum absolute atomic E-state index is 0.0944. The maximum absolute atomic E-state index is 11.8. The molecule has 0 radical (unpaired) electrons. The molecule has 5 aromatic rings. The van der Waals surface area contributed by atoms with Crippen LogP contribution in [0.15, 0.2) is 115 Å². The lowest BCUT2D eigenvalue weighted by molar-refractivity contribution is -0.385. The van der Waals surface area contributed by atoms with Gasteiger partial charge in [-0.3, -0.25) is 10.1 Å². The monoisotopic (exact) mass is 580 g/mol. The van der Waals surface area contributed by atoms with Crippen LogP contribution in [0, 0.1) is 10.1 Å². The normalized spacial score (nSPS) is 17.6. The summed E-state index contributed by atoms with van der Waals surface area (Å²) in [7, 11) is 3.52. The SMILES string of the molecule is COc1cc2c(cc1[N+](=O)[O-])C=CC1(O2)N(C)c2c(-c3ccccc3)c(-c3ccccc3)cc(-c3ccccc3)c2C1(C)C. The van der Waals surface area contributed by atoms with Gasteiger partial charge in [-0.2, -0.15) is 0 Å². The molecule has 0 fully saturated rings. The van der Waals surface area contributed by atoms with Gasteiger partial charge in [0.05, 0.1) is 23.1 Å². The molecule has 1 unspecified atom stereocenters. The van der Waals surface area contributed by atoms with E-state index in [1.54, 1.807) is 6.07 Å². The van der Waals surface area contributed by atoms with E-state index in [4.69, 9.17) is 9.47 Å². The number of fused-ring (bicyclic) bond motifs is 2. The van der Waals surface area contributed by atoms with Crippen LogP contribution in [0.2, 0.25) is 0 Å². The lowest BCUT2D eigenvalue weighted by atomic mass is 9.72. The van der Waals surface area contributed by atoms with Crippen LogP contribution < -0.4 is 14.4 Å². The Morgan fingerprint density at radius 2 is 1.36 bits per heavy atom. The third-order valence-corrected chi connectivity index (χ3v) is 9.15. The first-order chi connectivity index (χ1) is 21.3. The van der Waals surface area contributed by atoms with Crippen molar-refractivity contribution in [3.63, 3.8) is 0 Å². The Hall–Kier alpha value is -5.36. The molecule has 2 aliphatic rings. The number of ether oxygens (including phenoxy) is 2. The second kappa shape index (κ2) is 10.1. The molecular formula is C38H32N2O4. The van der Waals surface area contributed by atoms with E-state index >= 15 is 0 Å². The van der Waals surface area contributed by atoms with Crippen molar-refractivity contribution in [1.82, 2.24) is 0 Å². The van der Waals surface area contributed by atoms with Crippen molar-refractivity contribution in [3.05, 3.63) is 137 Å². The van der Waals surface area contributed by atoms with Gasteiger partial charge in [-0.25, -0.2) is 0 Å². The average molecular weight is 581 g/mol. The van der Waals surface area contributed by atoms with Crippen molar-refractivity contribution in [3.8, 4) is 44.9 Å². The van der Waals surface area contributed by atoms with E-state index in [-0.39, 0.29) is 11.4 Å². The highest BCUT2D eigenvalue weighted by atomic mass is 16.6. The van der Waals surface area contributed by atoms with Crippen LogP contribution in [0.25, 0.3) is 39.5 Å². The first kappa shape index (κ1) is 27.5. The fraction of sp³-hybridized carbons (Fsp3) is 0.158. The molecule has 0 bridgehead atoms. The summed E-state index contributed by atoms with van der Waals surface area (Å²) in [6.07, 6.45) is 4.00. The van der Waals surface area contributed by atoms with Crippen molar-refractivity contribution < 1.29 is 14.4 Å². The fourth-order valence-corrected chi connectivity index (χ4v) is 7.00. The van der Waals surface area contributed by atoms with Crippen molar-refractivity contribution in [2.75, 3.05) is 19.1 Å². The number of nitro groups is 1. The van der Waals surface area contributed by atoms with E-state index in [0.29, 0.717) is 11.3 Å². The minimum Gasteiger partial charge on any atom is -0.490 e. The molecule has 6 heteroatoms. The second-order valence-electron chi connectivity index (χ2n) is 11.8. The standard InChI is InChI=1S/C38H32N2O4/c1-37(2)35-30(26-16-10-6-11-17-26)23-29(25-14-8-5-9-15-25)34(27-18-12-7-13-19-27)36(35)39(3)38(37)21-20-28-22-31(40(41)42)33(43-4)24-32(28)44-38/h5-24H,1-4H3. The molecule has 0 saturated heterocycles. The molecular weight excluding hydrogens is 548 g/mol. The van der Waals surface area contributed by atoms with E-state index in [1.807, 2.05) is 24.3 Å². The molecule has 1 spiro atoms. The summed E-state index contributed by atoms with van der Waals surface area (Å²) in [5.41, 5.74) is 8.05. The van der Waals surface area contributed by atoms with E-state index in [0.717, 1.165) is 39.1 Å². The molecule has 0 N–H and O–H groups in total. The van der Waals surface area contributed by atoms with Gasteiger partial charge in [0.2, 0.25) is 11.5 Å². The lowest BCUT2D eigenvalue weighted by Gasteiger charge is -2.46. The zero-order valence-electron chi connectivity index (χ0n) is 25.1. The highest BCUT2D eigenvalue weighted by molar-refractivity contribution is 6.01. The molecule has 2 aliphatic heterocycles. The lowest BCUT2D eigenvalue weighted by Crippen LogP contribution is -2.58. The second-order valence-corrected chi connectivity index (χ2v) is 11.8. The molecule has 0 aromatic heterocycles. The summed E-state index contributed by atoms with van der Waals surface area (Å²) >= 11 is 0. The summed E-state index contributed by atoms with van der Waals surface area (Å²) in [6, 6.07) is 37.0. The summed E-state index contributed by atoms with van der Waals surface area (Å²) < 4.78 is 12.5. The quantitative estimate of drug-likeness (QED) is 0.153. The van der Waals surface area contributed by atoms with Crippen LogP contribution in [0.1, 0.15) is 25.0 Å². The Morgan fingerprint density at radius 3 is 1.93 bits per heavy atom. The fourth-order valence-electron chi connectivity index (χ4n) is 7.00. The van der Waals surface area contributed by atoms with Crippen LogP contribution in [0.3, 0.4) is 0 Å². The van der Waals surface area contributed by atoms with Gasteiger partial charge in [0.25, 0.3) is 0 Å². The van der Waals surface area contributed by atoms with Crippen LogP contribution in [-0.4, -0.2) is 24.8 Å². The summed E-state index contributed by atoms with van der Waals surface area (Å²) in [4.78, 5) is 13.6.